The van der Waals surface area contributed by atoms with E-state index in [1.807, 2.05) is 13.0 Å². The van der Waals surface area contributed by atoms with Gasteiger partial charge in [0.05, 0.1) is 48.8 Å². The molecule has 3 aliphatic rings. The van der Waals surface area contributed by atoms with Gasteiger partial charge in [0, 0.05) is 12.0 Å². The molecule has 4 N–H and O–H groups in total. The van der Waals surface area contributed by atoms with Gasteiger partial charge in [0.1, 0.15) is 6.10 Å². The van der Waals surface area contributed by atoms with Crippen molar-refractivity contribution < 1.29 is 39.4 Å². The quantitative estimate of drug-likeness (QED) is 0.0522. The van der Waals surface area contributed by atoms with Gasteiger partial charge >= 0.3 is 5.97 Å². The number of aliphatic hydroxyl groups is 4. The maximum absolute atomic E-state index is 11.7. The second-order valence-corrected chi connectivity index (χ2v) is 14.9. The molecule has 0 aromatic carbocycles. The molecule has 3 heterocycles. The van der Waals surface area contributed by atoms with Gasteiger partial charge in [0.2, 0.25) is 0 Å². The lowest BCUT2D eigenvalue weighted by atomic mass is 9.99. The molecule has 3 rings (SSSR count). The Morgan fingerprint density at radius 2 is 1.09 bits per heavy atom. The van der Waals surface area contributed by atoms with Crippen molar-refractivity contribution in [2.45, 2.75) is 229 Å². The minimum absolute atomic E-state index is 0.00381. The van der Waals surface area contributed by atoms with E-state index in [4.69, 9.17) is 14.2 Å². The average Bonchev–Trinajstić information content (AvgIpc) is 3.80. The molecule has 9 atom stereocenters. The molecule has 2 saturated heterocycles. The normalized spacial score (nSPS) is 27.1. The lowest BCUT2D eigenvalue weighted by molar-refractivity contribution is -0.139. The fourth-order valence-electron chi connectivity index (χ4n) is 7.64. The molecule has 3 aliphatic heterocycles. The lowest BCUT2D eigenvalue weighted by Crippen LogP contribution is -2.33. The van der Waals surface area contributed by atoms with Crippen molar-refractivity contribution in [2.24, 2.45) is 0 Å². The number of aliphatic hydroxyl groups excluding tert-OH is 4. The zero-order chi connectivity index (χ0) is 33.9. The summed E-state index contributed by atoms with van der Waals surface area (Å²) in [6.45, 7) is 4.07. The summed E-state index contributed by atoms with van der Waals surface area (Å²) >= 11 is 0. The summed E-state index contributed by atoms with van der Waals surface area (Å²) < 4.78 is 17.6. The van der Waals surface area contributed by atoms with Crippen LogP contribution in [0.15, 0.2) is 11.6 Å². The van der Waals surface area contributed by atoms with Crippen molar-refractivity contribution in [2.75, 3.05) is 0 Å². The molecular weight excluding hydrogens is 596 g/mol. The molecule has 0 aromatic heterocycles. The molecule has 0 aromatic rings. The standard InChI is InChI=1S/C39H70O8/c1-3-4-5-6-9-12-15-18-31(40)21-22-34(43)36-24-26-38(47-36)37-25-23-35(46-37)33(42)20-17-14-11-8-7-10-13-16-19-32(41)28-30-27-29(2)45-39(30)44/h27,29,31-38,40-43H,3-26,28H2,1-2H3/t29-,31-,32+,33+,34-,35+,36+,37+,38+/m0/s1. The van der Waals surface area contributed by atoms with E-state index >= 15 is 0 Å². The number of ether oxygens (including phenoxy) is 3. The predicted octanol–water partition coefficient (Wildman–Crippen LogP) is 7.61. The maximum Gasteiger partial charge on any atom is 0.334 e. The maximum atomic E-state index is 11.7. The lowest BCUT2D eigenvalue weighted by Gasteiger charge is -2.24. The van der Waals surface area contributed by atoms with Crippen LogP contribution in [0.4, 0.5) is 0 Å². The van der Waals surface area contributed by atoms with Crippen LogP contribution in [0.1, 0.15) is 174 Å². The van der Waals surface area contributed by atoms with E-state index in [2.05, 4.69) is 6.92 Å². The van der Waals surface area contributed by atoms with Crippen LogP contribution in [0, 0.1) is 0 Å². The van der Waals surface area contributed by atoms with E-state index in [1.54, 1.807) is 0 Å². The Morgan fingerprint density at radius 1 is 0.617 bits per heavy atom. The predicted molar refractivity (Wildman–Crippen MR) is 186 cm³/mol. The molecule has 0 saturated carbocycles. The van der Waals surface area contributed by atoms with Crippen LogP contribution in [0.3, 0.4) is 0 Å². The van der Waals surface area contributed by atoms with E-state index in [0.29, 0.717) is 24.8 Å². The van der Waals surface area contributed by atoms with Crippen LogP contribution >= 0.6 is 0 Å². The fraction of sp³-hybridized carbons (Fsp3) is 0.923. The highest BCUT2D eigenvalue weighted by atomic mass is 16.6. The summed E-state index contributed by atoms with van der Waals surface area (Å²) in [4.78, 5) is 11.7. The van der Waals surface area contributed by atoms with E-state index in [9.17, 15) is 25.2 Å². The van der Waals surface area contributed by atoms with Gasteiger partial charge in [-0.1, -0.05) is 103 Å². The first-order valence-corrected chi connectivity index (χ1v) is 19.7. The summed E-state index contributed by atoms with van der Waals surface area (Å²) in [6, 6.07) is 0. The number of carbonyl (C=O) groups is 1. The molecule has 0 amide bonds. The second-order valence-electron chi connectivity index (χ2n) is 14.9. The Labute approximate surface area is 286 Å². The Morgan fingerprint density at radius 3 is 1.60 bits per heavy atom. The first-order chi connectivity index (χ1) is 22.8. The van der Waals surface area contributed by atoms with Gasteiger partial charge in [-0.3, -0.25) is 0 Å². The smallest absolute Gasteiger partial charge is 0.334 e. The van der Waals surface area contributed by atoms with Crippen LogP contribution in [0.5, 0.6) is 0 Å². The third-order valence-corrected chi connectivity index (χ3v) is 10.6. The minimum Gasteiger partial charge on any atom is -0.455 e. The SMILES string of the molecule is CCCCCCCCC[C@H](O)CC[C@H](O)[C@H]1CC[C@H]([C@H]2CC[C@H]([C@H](O)CCCCCCCCCC[C@@H](O)CC3=C[C@H](C)OC3=O)O2)O1. The monoisotopic (exact) mass is 667 g/mol. The second kappa shape index (κ2) is 23.4. The highest BCUT2D eigenvalue weighted by Gasteiger charge is 2.40. The third kappa shape index (κ3) is 16.0. The van der Waals surface area contributed by atoms with Crippen LogP contribution in [0.2, 0.25) is 0 Å². The van der Waals surface area contributed by atoms with Crippen LogP contribution < -0.4 is 0 Å². The highest BCUT2D eigenvalue weighted by Crippen LogP contribution is 2.34. The molecular formula is C39H70O8. The first kappa shape index (κ1) is 40.4. The first-order valence-electron chi connectivity index (χ1n) is 19.7. The molecule has 0 spiro atoms. The van der Waals surface area contributed by atoms with Crippen LogP contribution in [-0.2, 0) is 19.0 Å². The molecule has 8 nitrogen and oxygen atoms in total. The Bertz CT molecular complexity index is 864. The summed E-state index contributed by atoms with van der Waals surface area (Å²) in [7, 11) is 0. The molecule has 2 fully saturated rings. The number of hydrogen-bond donors (Lipinski definition) is 4. The van der Waals surface area contributed by atoms with Gasteiger partial charge in [0.25, 0.3) is 0 Å². The van der Waals surface area contributed by atoms with Crippen molar-refractivity contribution in [3.8, 4) is 0 Å². The Balaban J connectivity index is 1.14. The van der Waals surface area contributed by atoms with Crippen LogP contribution in [0.25, 0.3) is 0 Å². The minimum atomic E-state index is -0.545. The molecule has 0 unspecified atom stereocenters. The molecule has 47 heavy (non-hydrogen) atoms. The zero-order valence-electron chi connectivity index (χ0n) is 29.9. The van der Waals surface area contributed by atoms with Crippen molar-refractivity contribution >= 4 is 5.97 Å². The summed E-state index contributed by atoms with van der Waals surface area (Å²) in [5.41, 5.74) is 0.610. The number of carbonyl (C=O) groups excluding carboxylic acids is 1. The molecule has 274 valence electrons. The highest BCUT2D eigenvalue weighted by molar-refractivity contribution is 5.90. The van der Waals surface area contributed by atoms with Gasteiger partial charge in [-0.25, -0.2) is 4.79 Å². The van der Waals surface area contributed by atoms with Gasteiger partial charge in [-0.05, 0) is 70.8 Å². The molecule has 0 aliphatic carbocycles. The summed E-state index contributed by atoms with van der Waals surface area (Å²) in [6.07, 6.45) is 24.5. The Kier molecular flexibility index (Phi) is 20.1. The van der Waals surface area contributed by atoms with E-state index in [1.165, 1.54) is 57.8 Å². The topological polar surface area (TPSA) is 126 Å². The van der Waals surface area contributed by atoms with Crippen molar-refractivity contribution in [3.05, 3.63) is 11.6 Å². The number of rotatable bonds is 27. The number of hydrogen-bond acceptors (Lipinski definition) is 8. The van der Waals surface area contributed by atoms with Gasteiger partial charge < -0.3 is 34.6 Å². The largest absolute Gasteiger partial charge is 0.455 e. The van der Waals surface area contributed by atoms with Crippen molar-refractivity contribution in [1.82, 2.24) is 0 Å². The van der Waals surface area contributed by atoms with Gasteiger partial charge in [-0.15, -0.1) is 0 Å². The number of cyclic esters (lactones) is 1. The third-order valence-electron chi connectivity index (χ3n) is 10.6. The van der Waals surface area contributed by atoms with E-state index in [-0.39, 0.29) is 42.6 Å². The van der Waals surface area contributed by atoms with E-state index in [0.717, 1.165) is 83.5 Å². The number of unbranched alkanes of at least 4 members (excludes halogenated alkanes) is 13. The molecule has 0 radical (unpaired) electrons. The fourth-order valence-corrected chi connectivity index (χ4v) is 7.64. The summed E-state index contributed by atoms with van der Waals surface area (Å²) in [5.74, 6) is -0.286. The molecule has 0 bridgehead atoms. The molecule has 8 heteroatoms. The number of esters is 1. The summed E-state index contributed by atoms with van der Waals surface area (Å²) in [5, 5.41) is 42.1. The Hall–Kier alpha value is -1.03. The van der Waals surface area contributed by atoms with E-state index < -0.39 is 18.3 Å². The van der Waals surface area contributed by atoms with Crippen molar-refractivity contribution in [3.63, 3.8) is 0 Å². The van der Waals surface area contributed by atoms with Crippen molar-refractivity contribution in [1.29, 1.82) is 0 Å². The van der Waals surface area contributed by atoms with Gasteiger partial charge in [-0.2, -0.15) is 0 Å². The van der Waals surface area contributed by atoms with Crippen LogP contribution in [-0.4, -0.2) is 81.3 Å². The zero-order valence-corrected chi connectivity index (χ0v) is 29.9. The average molecular weight is 667 g/mol. The van der Waals surface area contributed by atoms with Gasteiger partial charge in [0.15, 0.2) is 0 Å².